The van der Waals surface area contributed by atoms with Crippen LogP contribution >= 0.6 is 0 Å². The van der Waals surface area contributed by atoms with Crippen molar-refractivity contribution in [3.63, 3.8) is 0 Å². The molecule has 2 unspecified atom stereocenters. The van der Waals surface area contributed by atoms with Crippen LogP contribution in [-0.2, 0) is 10.0 Å². The highest BCUT2D eigenvalue weighted by atomic mass is 32.2. The van der Waals surface area contributed by atoms with Crippen LogP contribution < -0.4 is 4.72 Å². The van der Waals surface area contributed by atoms with E-state index in [9.17, 15) is 17.9 Å². The molecule has 122 valence electrons. The second-order valence-corrected chi connectivity index (χ2v) is 6.76. The first-order valence-corrected chi connectivity index (χ1v) is 8.61. The van der Waals surface area contributed by atoms with Gasteiger partial charge in [0.25, 0.3) is 0 Å². The Morgan fingerprint density at radius 3 is 2.30 bits per heavy atom. The maximum absolute atomic E-state index is 12.9. The first-order valence-electron chi connectivity index (χ1n) is 7.06. The summed E-state index contributed by atoms with van der Waals surface area (Å²) >= 11 is 0. The molecule has 0 bridgehead atoms. The molecule has 0 spiro atoms. The molecule has 2 rings (SSSR count). The van der Waals surface area contributed by atoms with E-state index >= 15 is 0 Å². The maximum atomic E-state index is 12.9. The Bertz CT molecular complexity index is 758. The summed E-state index contributed by atoms with van der Waals surface area (Å²) in [7, 11) is -3.70. The summed E-state index contributed by atoms with van der Waals surface area (Å²) in [5.74, 6) is -0.417. The molecule has 0 heterocycles. The van der Waals surface area contributed by atoms with E-state index in [1.54, 1.807) is 31.2 Å². The van der Waals surface area contributed by atoms with E-state index in [0.717, 1.165) is 11.0 Å². The average molecular weight is 335 g/mol. The monoisotopic (exact) mass is 335 g/mol. The number of rotatable bonds is 6. The molecule has 0 aliphatic rings. The molecule has 0 fully saturated rings. The quantitative estimate of drug-likeness (QED) is 0.853. The third-order valence-corrected chi connectivity index (χ3v) is 4.47. The molecule has 4 nitrogen and oxygen atoms in total. The summed E-state index contributed by atoms with van der Waals surface area (Å²) in [6.07, 6.45) is 0.398. The lowest BCUT2D eigenvalue weighted by atomic mass is 10.0. The van der Waals surface area contributed by atoms with Crippen LogP contribution in [-0.4, -0.2) is 19.6 Å². The van der Waals surface area contributed by atoms with Gasteiger partial charge < -0.3 is 5.11 Å². The van der Waals surface area contributed by atoms with E-state index < -0.39 is 28.0 Å². The lowest BCUT2D eigenvalue weighted by molar-refractivity contribution is 0.146. The van der Waals surface area contributed by atoms with Gasteiger partial charge in [-0.25, -0.2) is 17.5 Å². The highest BCUT2D eigenvalue weighted by Gasteiger charge is 2.20. The predicted octanol–water partition coefficient (Wildman–Crippen LogP) is 2.84. The maximum Gasteiger partial charge on any atom is 0.234 e. The zero-order valence-corrected chi connectivity index (χ0v) is 13.4. The van der Waals surface area contributed by atoms with E-state index in [-0.39, 0.29) is 0 Å². The molecule has 2 aromatic carbocycles. The van der Waals surface area contributed by atoms with Crippen LogP contribution in [0.2, 0.25) is 0 Å². The van der Waals surface area contributed by atoms with Gasteiger partial charge in [0.05, 0.1) is 6.10 Å². The second kappa shape index (κ2) is 7.50. The van der Waals surface area contributed by atoms with Gasteiger partial charge in [0.2, 0.25) is 10.0 Å². The van der Waals surface area contributed by atoms with Gasteiger partial charge in [-0.3, -0.25) is 0 Å². The molecule has 0 aromatic heterocycles. The second-order valence-electron chi connectivity index (χ2n) is 5.16. The van der Waals surface area contributed by atoms with Crippen LogP contribution in [0, 0.1) is 5.82 Å². The summed E-state index contributed by atoms with van der Waals surface area (Å²) in [5, 5.41) is 11.2. The molecule has 2 atom stereocenters. The Morgan fingerprint density at radius 1 is 1.09 bits per heavy atom. The van der Waals surface area contributed by atoms with Crippen LogP contribution in [0.3, 0.4) is 0 Å². The fraction of sp³-hybridized carbons (Fsp3) is 0.176. The van der Waals surface area contributed by atoms with Crippen molar-refractivity contribution in [3.8, 4) is 0 Å². The Hall–Kier alpha value is -2.02. The first-order chi connectivity index (χ1) is 10.9. The molecule has 0 amide bonds. The Labute approximate surface area is 135 Å². The molecule has 0 aliphatic carbocycles. The van der Waals surface area contributed by atoms with Gasteiger partial charge in [-0.05, 0) is 36.3 Å². The molecular formula is C17H18FNO3S. The van der Waals surface area contributed by atoms with E-state index in [1.165, 1.54) is 30.3 Å². The summed E-state index contributed by atoms with van der Waals surface area (Å²) in [6.45, 7) is 1.54. The lowest BCUT2D eigenvalue weighted by Gasteiger charge is -2.19. The molecule has 0 saturated heterocycles. The third-order valence-electron chi connectivity index (χ3n) is 3.27. The molecule has 0 saturated carbocycles. The summed E-state index contributed by atoms with van der Waals surface area (Å²) in [5.41, 5.74) is 1.19. The Kier molecular flexibility index (Phi) is 5.65. The highest BCUT2D eigenvalue weighted by molar-refractivity contribution is 7.92. The SMILES string of the molecule is CC(NS(=O)(=O)/C=C/c1ccccc1)C(O)c1ccc(F)cc1. The fourth-order valence-electron chi connectivity index (χ4n) is 2.04. The van der Waals surface area contributed by atoms with Gasteiger partial charge in [0.15, 0.2) is 0 Å². The topological polar surface area (TPSA) is 66.4 Å². The molecule has 2 N–H and O–H groups in total. The number of halogens is 1. The summed E-state index contributed by atoms with van der Waals surface area (Å²) in [4.78, 5) is 0. The highest BCUT2D eigenvalue weighted by Crippen LogP contribution is 2.18. The van der Waals surface area contributed by atoms with Gasteiger partial charge in [-0.15, -0.1) is 0 Å². The minimum atomic E-state index is -3.70. The van der Waals surface area contributed by atoms with Crippen molar-refractivity contribution in [3.05, 3.63) is 76.9 Å². The minimum Gasteiger partial charge on any atom is -0.387 e. The molecular weight excluding hydrogens is 317 g/mol. The van der Waals surface area contributed by atoms with Gasteiger partial charge in [0, 0.05) is 11.4 Å². The molecule has 6 heteroatoms. The number of hydrogen-bond acceptors (Lipinski definition) is 3. The third kappa shape index (κ3) is 5.28. The zero-order chi connectivity index (χ0) is 16.9. The van der Waals surface area contributed by atoms with Crippen LogP contribution in [0.25, 0.3) is 6.08 Å². The van der Waals surface area contributed by atoms with Crippen molar-refractivity contribution in [2.45, 2.75) is 19.1 Å². The summed E-state index contributed by atoms with van der Waals surface area (Å²) < 4.78 is 39.3. The minimum absolute atomic E-state index is 0.417. The van der Waals surface area contributed by atoms with Gasteiger partial charge in [-0.2, -0.15) is 0 Å². The first kappa shape index (κ1) is 17.3. The lowest BCUT2D eigenvalue weighted by Crippen LogP contribution is -2.35. The van der Waals surface area contributed by atoms with E-state index in [1.807, 2.05) is 6.07 Å². The largest absolute Gasteiger partial charge is 0.387 e. The van der Waals surface area contributed by atoms with Crippen molar-refractivity contribution in [2.75, 3.05) is 0 Å². The Balaban J connectivity index is 2.04. The predicted molar refractivity (Wildman–Crippen MR) is 88.4 cm³/mol. The normalized spacial score (nSPS) is 14.7. The number of nitrogens with one attached hydrogen (secondary N) is 1. The van der Waals surface area contributed by atoms with Crippen molar-refractivity contribution >= 4 is 16.1 Å². The molecule has 0 radical (unpaired) electrons. The van der Waals surface area contributed by atoms with Crippen LogP contribution in [0.4, 0.5) is 4.39 Å². The fourth-order valence-corrected chi connectivity index (χ4v) is 3.11. The van der Waals surface area contributed by atoms with E-state index in [0.29, 0.717) is 5.56 Å². The number of benzene rings is 2. The van der Waals surface area contributed by atoms with Crippen LogP contribution in [0.15, 0.2) is 60.0 Å². The molecule has 0 aliphatic heterocycles. The van der Waals surface area contributed by atoms with Gasteiger partial charge in [0.1, 0.15) is 5.82 Å². The van der Waals surface area contributed by atoms with Gasteiger partial charge in [-0.1, -0.05) is 42.5 Å². The van der Waals surface area contributed by atoms with Crippen LogP contribution in [0.1, 0.15) is 24.2 Å². The molecule has 2 aromatic rings. The number of sulfonamides is 1. The van der Waals surface area contributed by atoms with Crippen LogP contribution in [0.5, 0.6) is 0 Å². The average Bonchev–Trinajstić information content (AvgIpc) is 2.54. The molecule has 23 heavy (non-hydrogen) atoms. The zero-order valence-electron chi connectivity index (χ0n) is 12.6. The van der Waals surface area contributed by atoms with E-state index in [4.69, 9.17) is 0 Å². The van der Waals surface area contributed by atoms with Gasteiger partial charge >= 0.3 is 0 Å². The number of aliphatic hydroxyl groups is 1. The van der Waals surface area contributed by atoms with Crippen molar-refractivity contribution < 1.29 is 17.9 Å². The standard InChI is InChI=1S/C17H18FNO3S/c1-13(17(20)15-7-9-16(18)10-8-15)19-23(21,22)12-11-14-5-3-2-4-6-14/h2-13,17,19-20H,1H3/b12-11+. The smallest absolute Gasteiger partial charge is 0.234 e. The van der Waals surface area contributed by atoms with E-state index in [2.05, 4.69) is 4.72 Å². The number of aliphatic hydroxyl groups excluding tert-OH is 1. The van der Waals surface area contributed by atoms with Crippen molar-refractivity contribution in [2.24, 2.45) is 0 Å². The number of hydrogen-bond donors (Lipinski definition) is 2. The van der Waals surface area contributed by atoms with Crippen molar-refractivity contribution in [1.29, 1.82) is 0 Å². The van der Waals surface area contributed by atoms with Crippen molar-refractivity contribution in [1.82, 2.24) is 4.72 Å². The summed E-state index contributed by atoms with van der Waals surface area (Å²) in [6, 6.07) is 13.5. The Morgan fingerprint density at radius 2 is 1.70 bits per heavy atom.